The minimum absolute atomic E-state index is 0.154. The van der Waals surface area contributed by atoms with Crippen molar-refractivity contribution in [2.75, 3.05) is 39.6 Å². The Balaban J connectivity index is 1.48. The van der Waals surface area contributed by atoms with Gasteiger partial charge in [0.1, 0.15) is 97.7 Å². The van der Waals surface area contributed by atoms with Gasteiger partial charge in [0, 0.05) is 18.9 Å². The molecule has 398 valence electrons. The van der Waals surface area contributed by atoms with E-state index >= 15 is 0 Å². The molecule has 0 bridgehead atoms. The Morgan fingerprint density at radius 1 is 0.632 bits per heavy atom. The van der Waals surface area contributed by atoms with Crippen molar-refractivity contribution in [3.8, 4) is 0 Å². The van der Waals surface area contributed by atoms with Gasteiger partial charge in [-0.25, -0.2) is 4.79 Å². The Kier molecular flexibility index (Phi) is 21.4. The maximum absolute atomic E-state index is 13.2. The van der Waals surface area contributed by atoms with E-state index in [1.54, 1.807) is 0 Å². The Bertz CT molecular complexity index is 1530. The van der Waals surface area contributed by atoms with Crippen LogP contribution in [0, 0.1) is 5.92 Å². The van der Waals surface area contributed by atoms with Gasteiger partial charge in [-0.15, -0.1) is 0 Å². The average Bonchev–Trinajstić information content (AvgIpc) is 3.32. The van der Waals surface area contributed by atoms with Crippen LogP contribution in [0.4, 0.5) is 0 Å². The minimum atomic E-state index is -3.13. The van der Waals surface area contributed by atoms with Crippen LogP contribution in [0.2, 0.25) is 0 Å². The van der Waals surface area contributed by atoms with E-state index in [0.717, 1.165) is 19.3 Å². The van der Waals surface area contributed by atoms with Crippen molar-refractivity contribution in [1.82, 2.24) is 0 Å². The Morgan fingerprint density at radius 2 is 1.16 bits per heavy atom. The van der Waals surface area contributed by atoms with E-state index in [9.17, 15) is 81.4 Å². The molecule has 0 amide bonds. The molecular formula is C40H72N2O26. The number of carboxylic acid groups (broad SMARTS) is 1. The van der Waals surface area contributed by atoms with Crippen molar-refractivity contribution < 1.29 is 129 Å². The summed E-state index contributed by atoms with van der Waals surface area (Å²) in [5.74, 6) is -6.34. The number of aliphatic hydroxyl groups is 14. The van der Waals surface area contributed by atoms with Gasteiger partial charge in [0.15, 0.2) is 25.2 Å². The average molecular weight is 997 g/mol. The number of hydrogen-bond donors (Lipinski definition) is 17. The fourth-order valence-corrected chi connectivity index (χ4v) is 8.87. The zero-order valence-corrected chi connectivity index (χ0v) is 37.6. The standard InChI is InChI=1S/C40H72N2O26/c1-3-4-5-6-7-59-37-28(55)33(26(53)19(12-46)62-37)66-35-14(2)30(25(52)18(11-45)60-35)64-38-29(56)34(31(20(13-47)63-38)65-36-22(42)27(54)24(51)17(10-44)61-36)68-40(39(57)58)8-15(48)21(41)32(67-40)23(50)16(49)9-43/h14-38,43-56H,3-13,41-42H2,1-2H3,(H,57,58)/t14-,15-,16+,17?,18?,19?,20?,21-,22-,23+,24-,25+,26-,27?,28-,29?,30+,31-,32?,33-,34?,35?,36-,37?,38-,40+/m0/s1. The van der Waals surface area contributed by atoms with E-state index in [4.69, 9.17) is 58.8 Å². The largest absolute Gasteiger partial charge is 0.477 e. The summed E-state index contributed by atoms with van der Waals surface area (Å²) in [6.07, 6.45) is -37.1. The third-order valence-electron chi connectivity index (χ3n) is 13.1. The number of carboxylic acids is 1. The number of aliphatic carboxylic acids is 1. The van der Waals surface area contributed by atoms with Gasteiger partial charge in [0.25, 0.3) is 5.79 Å². The lowest BCUT2D eigenvalue weighted by Gasteiger charge is -2.52. The summed E-state index contributed by atoms with van der Waals surface area (Å²) in [6.45, 7) is -1.05. The molecule has 19 N–H and O–H groups in total. The summed E-state index contributed by atoms with van der Waals surface area (Å²) in [6, 6.07) is -3.23. The Labute approximate surface area is 390 Å². The Morgan fingerprint density at radius 3 is 1.75 bits per heavy atom. The lowest BCUT2D eigenvalue weighted by molar-refractivity contribution is -0.401. The van der Waals surface area contributed by atoms with Gasteiger partial charge >= 0.3 is 5.97 Å². The number of carbonyl (C=O) groups is 1. The summed E-state index contributed by atoms with van der Waals surface area (Å²) in [5, 5.41) is 160. The molecule has 0 aromatic heterocycles. The third-order valence-corrected chi connectivity index (χ3v) is 13.1. The van der Waals surface area contributed by atoms with Crippen LogP contribution in [-0.2, 0) is 52.2 Å². The van der Waals surface area contributed by atoms with Crippen molar-refractivity contribution in [2.24, 2.45) is 17.4 Å². The van der Waals surface area contributed by atoms with E-state index in [1.165, 1.54) is 6.92 Å². The highest BCUT2D eigenvalue weighted by Gasteiger charge is 2.61. The second kappa shape index (κ2) is 25.4. The highest BCUT2D eigenvalue weighted by atomic mass is 16.8. The molecule has 5 aliphatic heterocycles. The lowest BCUT2D eigenvalue weighted by Crippen LogP contribution is -2.71. The van der Waals surface area contributed by atoms with E-state index in [-0.39, 0.29) is 6.61 Å². The van der Waals surface area contributed by atoms with Crippen LogP contribution < -0.4 is 11.5 Å². The van der Waals surface area contributed by atoms with Crippen LogP contribution >= 0.6 is 0 Å². The molecule has 5 saturated heterocycles. The van der Waals surface area contributed by atoms with Gasteiger partial charge in [-0.1, -0.05) is 33.1 Å². The van der Waals surface area contributed by atoms with E-state index in [1.807, 2.05) is 6.92 Å². The topological polar surface area (TPSA) is 465 Å². The lowest BCUT2D eigenvalue weighted by atomic mass is 9.88. The smallest absolute Gasteiger partial charge is 0.364 e. The van der Waals surface area contributed by atoms with Crippen LogP contribution in [0.25, 0.3) is 0 Å². The summed E-state index contributed by atoms with van der Waals surface area (Å²) >= 11 is 0. The molecule has 68 heavy (non-hydrogen) atoms. The third kappa shape index (κ3) is 12.4. The minimum Gasteiger partial charge on any atom is -0.477 e. The summed E-state index contributed by atoms with van der Waals surface area (Å²) < 4.78 is 58.7. The van der Waals surface area contributed by atoms with E-state index in [0.29, 0.717) is 6.42 Å². The first-order chi connectivity index (χ1) is 32.2. The van der Waals surface area contributed by atoms with E-state index in [2.05, 4.69) is 0 Å². The predicted molar refractivity (Wildman–Crippen MR) is 219 cm³/mol. The molecule has 0 saturated carbocycles. The predicted octanol–water partition coefficient (Wildman–Crippen LogP) is -8.91. The summed E-state index contributed by atoms with van der Waals surface area (Å²) in [5.41, 5.74) is 12.2. The van der Waals surface area contributed by atoms with Crippen LogP contribution in [-0.4, -0.2) is 275 Å². The zero-order valence-electron chi connectivity index (χ0n) is 37.6. The molecule has 28 nitrogen and oxygen atoms in total. The SMILES string of the molecule is CCCCCCOC1OC(CO)[C@H](O)[C@H](OC2OC(CO)[C@@H](O)[C@H](O[C@@H]3OC(CO)[C@H](O[C@@H]4OC(CO)[C@H](O)C(O)[C@@H]4N)C(O[C@@]4(C(=O)O)C[C@H](O)[C@H](N)C([C@H](O)[C@H](O)CO)O4)C3O)[C@@H]2C)[C@@H]1O. The first-order valence-electron chi connectivity index (χ1n) is 22.7. The quantitative estimate of drug-likeness (QED) is 0.0448. The number of rotatable bonds is 22. The Hall–Kier alpha value is -1.57. The van der Waals surface area contributed by atoms with Crippen molar-refractivity contribution in [1.29, 1.82) is 0 Å². The number of hydrogen-bond acceptors (Lipinski definition) is 27. The van der Waals surface area contributed by atoms with Gasteiger partial charge in [0.05, 0.1) is 57.3 Å². The van der Waals surface area contributed by atoms with Gasteiger partial charge < -0.3 is 135 Å². The second-order valence-corrected chi connectivity index (χ2v) is 17.8. The monoisotopic (exact) mass is 996 g/mol. The molecule has 5 rings (SSSR count). The molecule has 0 aromatic rings. The van der Waals surface area contributed by atoms with Crippen LogP contribution in [0.3, 0.4) is 0 Å². The highest BCUT2D eigenvalue weighted by Crippen LogP contribution is 2.41. The molecular weight excluding hydrogens is 924 g/mol. The highest BCUT2D eigenvalue weighted by molar-refractivity contribution is 5.76. The molecule has 0 aromatic carbocycles. The zero-order chi connectivity index (χ0) is 50.4. The van der Waals surface area contributed by atoms with Crippen molar-refractivity contribution in [3.05, 3.63) is 0 Å². The number of nitrogens with two attached hydrogens (primary N) is 2. The molecule has 0 radical (unpaired) electrons. The molecule has 26 atom stereocenters. The summed E-state index contributed by atoms with van der Waals surface area (Å²) in [4.78, 5) is 13.2. The van der Waals surface area contributed by atoms with Crippen molar-refractivity contribution >= 4 is 5.97 Å². The molecule has 0 spiro atoms. The van der Waals surface area contributed by atoms with Crippen molar-refractivity contribution in [3.63, 3.8) is 0 Å². The normalized spacial score (nSPS) is 46.8. The maximum Gasteiger partial charge on any atom is 0.364 e. The van der Waals surface area contributed by atoms with Crippen LogP contribution in [0.15, 0.2) is 0 Å². The summed E-state index contributed by atoms with van der Waals surface area (Å²) in [7, 11) is 0. The van der Waals surface area contributed by atoms with Crippen molar-refractivity contribution in [2.45, 2.75) is 199 Å². The molecule has 5 heterocycles. The van der Waals surface area contributed by atoms with Gasteiger partial charge in [0.2, 0.25) is 0 Å². The fourth-order valence-electron chi connectivity index (χ4n) is 8.87. The van der Waals surface area contributed by atoms with E-state index < -0.39 is 204 Å². The first kappa shape index (κ1) is 57.3. The fraction of sp³-hybridized carbons (Fsp3) is 0.975. The van der Waals surface area contributed by atoms with Crippen LogP contribution in [0.5, 0.6) is 0 Å². The maximum atomic E-state index is 13.2. The number of aliphatic hydroxyl groups excluding tert-OH is 14. The molecule has 5 fully saturated rings. The second-order valence-electron chi connectivity index (χ2n) is 17.8. The molecule has 0 aliphatic carbocycles. The first-order valence-corrected chi connectivity index (χ1v) is 22.7. The number of ether oxygens (including phenoxy) is 10. The molecule has 28 heteroatoms. The van der Waals surface area contributed by atoms with Gasteiger partial charge in [-0.05, 0) is 6.42 Å². The molecule has 10 unspecified atom stereocenters. The molecule has 5 aliphatic rings. The van der Waals surface area contributed by atoms with Gasteiger partial charge in [-0.2, -0.15) is 0 Å². The van der Waals surface area contributed by atoms with Gasteiger partial charge in [-0.3, -0.25) is 0 Å². The number of unbranched alkanes of at least 4 members (excludes halogenated alkanes) is 3. The van der Waals surface area contributed by atoms with Crippen LogP contribution in [0.1, 0.15) is 46.0 Å².